The van der Waals surface area contributed by atoms with E-state index in [1.807, 2.05) is 36.9 Å². The molecule has 11 nitrogen and oxygen atoms in total. The molecule has 2 aliphatic rings. The van der Waals surface area contributed by atoms with Crippen LogP contribution in [0.2, 0.25) is 0 Å². The van der Waals surface area contributed by atoms with Gasteiger partial charge in [0.2, 0.25) is 12.3 Å². The summed E-state index contributed by atoms with van der Waals surface area (Å²) in [7, 11) is 0. The van der Waals surface area contributed by atoms with E-state index < -0.39 is 5.54 Å². The average Bonchev–Trinajstić information content (AvgIpc) is 2.97. The molecule has 40 heavy (non-hydrogen) atoms. The van der Waals surface area contributed by atoms with Crippen molar-refractivity contribution < 1.29 is 9.59 Å². The summed E-state index contributed by atoms with van der Waals surface area (Å²) in [6.07, 6.45) is 5.48. The van der Waals surface area contributed by atoms with E-state index >= 15 is 0 Å². The highest BCUT2D eigenvalue weighted by molar-refractivity contribution is 5.85. The third-order valence-corrected chi connectivity index (χ3v) is 7.10. The largest absolute Gasteiger partial charge is 0.372 e. The van der Waals surface area contributed by atoms with Crippen molar-refractivity contribution in [1.29, 1.82) is 0 Å². The lowest BCUT2D eigenvalue weighted by molar-refractivity contribution is -0.136. The van der Waals surface area contributed by atoms with Gasteiger partial charge in [-0.1, -0.05) is 26.0 Å². The Labute approximate surface area is 238 Å². The third kappa shape index (κ3) is 9.42. The van der Waals surface area contributed by atoms with Crippen molar-refractivity contribution in [3.8, 4) is 5.69 Å². The summed E-state index contributed by atoms with van der Waals surface area (Å²) in [5.74, 6) is 1.21. The Kier molecular flexibility index (Phi) is 13.3. The molecule has 0 spiro atoms. The van der Waals surface area contributed by atoms with Crippen LogP contribution in [-0.4, -0.2) is 89.6 Å². The number of primary amides is 1. The number of benzene rings is 1. The molecule has 1 unspecified atom stereocenters. The minimum atomic E-state index is -0.877. The number of likely N-dealkylation sites (tertiary alicyclic amines) is 1. The molecular weight excluding hydrogens is 508 g/mol. The highest BCUT2D eigenvalue weighted by Gasteiger charge is 2.30. The fourth-order valence-corrected chi connectivity index (χ4v) is 4.97. The smallest absolute Gasteiger partial charge is 0.354 e. The summed E-state index contributed by atoms with van der Waals surface area (Å²) in [6.45, 7) is 13.9. The number of aromatic nitrogens is 2. The van der Waals surface area contributed by atoms with Crippen LogP contribution in [0.25, 0.3) is 5.69 Å². The normalized spacial score (nSPS) is 17.7. The average molecular weight is 557 g/mol. The Hall–Kier alpha value is -3.28. The summed E-state index contributed by atoms with van der Waals surface area (Å²) in [4.78, 5) is 44.4. The van der Waals surface area contributed by atoms with Gasteiger partial charge in [-0.05, 0) is 75.9 Å². The second kappa shape index (κ2) is 16.1. The van der Waals surface area contributed by atoms with Gasteiger partial charge < -0.3 is 31.9 Å². The van der Waals surface area contributed by atoms with Crippen LogP contribution in [0.3, 0.4) is 0 Å². The quantitative estimate of drug-likeness (QED) is 0.426. The van der Waals surface area contributed by atoms with E-state index in [0.717, 1.165) is 38.3 Å². The van der Waals surface area contributed by atoms with Gasteiger partial charge in [-0.15, -0.1) is 0 Å². The molecule has 1 atom stereocenters. The first-order chi connectivity index (χ1) is 19.2. The zero-order chi connectivity index (χ0) is 29.7. The highest BCUT2D eigenvalue weighted by atomic mass is 16.2. The number of anilines is 1. The maximum Gasteiger partial charge on any atom is 0.354 e. The van der Waals surface area contributed by atoms with Crippen LogP contribution in [0.5, 0.6) is 0 Å². The molecule has 2 saturated heterocycles. The number of amides is 2. The van der Waals surface area contributed by atoms with Crippen LogP contribution in [0.4, 0.5) is 5.82 Å². The SMILES string of the molecule is CC.CC(C)(N)C(=O)N1CCN(c2ccn(-c3ccc(CCN4CCCC(CN)C4)cc3)c(=O)n2)CC1.NC=O. The van der Waals surface area contributed by atoms with Crippen LogP contribution in [0, 0.1) is 5.92 Å². The predicted octanol–water partition coefficient (Wildman–Crippen LogP) is 0.959. The topological polar surface area (TPSA) is 157 Å². The number of piperidine rings is 1. The number of hydrogen-bond donors (Lipinski definition) is 3. The van der Waals surface area contributed by atoms with Gasteiger partial charge in [-0.3, -0.25) is 14.2 Å². The van der Waals surface area contributed by atoms with E-state index in [9.17, 15) is 9.59 Å². The van der Waals surface area contributed by atoms with Crippen LogP contribution in [-0.2, 0) is 16.0 Å². The summed E-state index contributed by atoms with van der Waals surface area (Å²) < 4.78 is 1.57. The van der Waals surface area contributed by atoms with Gasteiger partial charge in [-0.2, -0.15) is 4.98 Å². The maximum absolute atomic E-state index is 12.8. The van der Waals surface area contributed by atoms with Crippen LogP contribution < -0.4 is 27.8 Å². The second-order valence-corrected chi connectivity index (χ2v) is 10.5. The molecule has 2 amide bonds. The van der Waals surface area contributed by atoms with Crippen molar-refractivity contribution in [1.82, 2.24) is 19.4 Å². The zero-order valence-electron chi connectivity index (χ0n) is 24.6. The first kappa shape index (κ1) is 32.9. The number of carbonyl (C=O) groups is 2. The Morgan fingerprint density at radius 3 is 2.25 bits per heavy atom. The molecule has 0 aliphatic carbocycles. The first-order valence-corrected chi connectivity index (χ1v) is 14.3. The monoisotopic (exact) mass is 556 g/mol. The third-order valence-electron chi connectivity index (χ3n) is 7.10. The summed E-state index contributed by atoms with van der Waals surface area (Å²) >= 11 is 0. The van der Waals surface area contributed by atoms with Gasteiger partial charge in [0.1, 0.15) is 5.82 Å². The molecule has 1 aromatic carbocycles. The van der Waals surface area contributed by atoms with E-state index in [2.05, 4.69) is 27.8 Å². The lowest BCUT2D eigenvalue weighted by Crippen LogP contribution is -2.57. The Bertz CT molecular complexity index is 1110. The van der Waals surface area contributed by atoms with E-state index in [1.165, 1.54) is 18.4 Å². The van der Waals surface area contributed by atoms with Crippen LogP contribution >= 0.6 is 0 Å². The molecule has 2 fully saturated rings. The Morgan fingerprint density at radius 1 is 1.07 bits per heavy atom. The minimum absolute atomic E-state index is 0.0559. The maximum atomic E-state index is 12.8. The Morgan fingerprint density at radius 2 is 1.70 bits per heavy atom. The molecule has 0 saturated carbocycles. The van der Waals surface area contributed by atoms with Crippen molar-refractivity contribution in [3.05, 3.63) is 52.6 Å². The number of nitrogens with zero attached hydrogens (tertiary/aromatic N) is 5. The predicted molar refractivity (Wildman–Crippen MR) is 160 cm³/mol. The van der Waals surface area contributed by atoms with Crippen molar-refractivity contribution in [2.24, 2.45) is 23.1 Å². The number of hydrogen-bond acceptors (Lipinski definition) is 8. The number of rotatable bonds is 7. The summed E-state index contributed by atoms with van der Waals surface area (Å²) in [5, 5.41) is 0. The molecule has 0 bridgehead atoms. The van der Waals surface area contributed by atoms with Crippen LogP contribution in [0.15, 0.2) is 41.3 Å². The standard InChI is InChI=1S/C26H39N7O2.C2H6.CH3NO/c1-26(2,28)24(34)32-16-14-31(15-17-32)23-10-13-33(25(35)29-23)22-7-5-20(6-8-22)9-12-30-11-3-4-21(18-27)19-30;1-2;2-1-3/h5-8,10,13,21H,3-4,9,11-12,14-19,27-28H2,1-2H3;1-2H3;1H,(H2,2,3). The summed E-state index contributed by atoms with van der Waals surface area (Å²) in [6, 6.07) is 10.0. The number of carbonyl (C=O) groups excluding carboxylic acids is 2. The van der Waals surface area contributed by atoms with Gasteiger partial charge in [0.15, 0.2) is 0 Å². The van der Waals surface area contributed by atoms with Crippen molar-refractivity contribution in [2.75, 3.05) is 57.3 Å². The molecule has 3 heterocycles. The lowest BCUT2D eigenvalue weighted by Gasteiger charge is -2.37. The van der Waals surface area contributed by atoms with Gasteiger partial charge in [0.05, 0.1) is 11.2 Å². The molecule has 11 heteroatoms. The van der Waals surface area contributed by atoms with Crippen molar-refractivity contribution in [2.45, 2.75) is 52.5 Å². The van der Waals surface area contributed by atoms with Gasteiger partial charge in [-0.25, -0.2) is 4.79 Å². The fraction of sp³-hybridized carbons (Fsp3) is 0.586. The van der Waals surface area contributed by atoms with Gasteiger partial charge >= 0.3 is 5.69 Å². The first-order valence-electron chi connectivity index (χ1n) is 14.3. The minimum Gasteiger partial charge on any atom is -0.372 e. The molecule has 4 rings (SSSR count). The van der Waals surface area contributed by atoms with E-state index in [-0.39, 0.29) is 18.0 Å². The molecule has 6 N–H and O–H groups in total. The van der Waals surface area contributed by atoms with Gasteiger partial charge in [0.25, 0.3) is 0 Å². The summed E-state index contributed by atoms with van der Waals surface area (Å²) in [5.41, 5.74) is 16.9. The lowest BCUT2D eigenvalue weighted by atomic mass is 9.98. The molecule has 222 valence electrons. The molecule has 0 radical (unpaired) electrons. The molecular formula is C29H48N8O3. The van der Waals surface area contributed by atoms with E-state index in [1.54, 1.807) is 29.5 Å². The molecule has 2 aromatic rings. The Balaban J connectivity index is 0.00000105. The fourth-order valence-electron chi connectivity index (χ4n) is 4.97. The number of piperazine rings is 1. The second-order valence-electron chi connectivity index (χ2n) is 10.5. The van der Waals surface area contributed by atoms with Crippen LogP contribution in [0.1, 0.15) is 46.1 Å². The molecule has 1 aromatic heterocycles. The van der Waals surface area contributed by atoms with E-state index in [0.29, 0.717) is 37.9 Å². The van der Waals surface area contributed by atoms with Crippen molar-refractivity contribution in [3.63, 3.8) is 0 Å². The van der Waals surface area contributed by atoms with E-state index in [4.69, 9.17) is 16.3 Å². The molecule has 2 aliphatic heterocycles. The highest BCUT2D eigenvalue weighted by Crippen LogP contribution is 2.17. The zero-order valence-corrected chi connectivity index (χ0v) is 24.6. The number of nitrogens with two attached hydrogens (primary N) is 3. The van der Waals surface area contributed by atoms with Crippen molar-refractivity contribution >= 4 is 18.1 Å². The van der Waals surface area contributed by atoms with Gasteiger partial charge in [0, 0.05) is 45.5 Å².